The first kappa shape index (κ1) is 16.2. The zero-order valence-corrected chi connectivity index (χ0v) is 12.1. The number of halogens is 3. The molecule has 4 nitrogen and oxygen atoms in total. The Balaban J connectivity index is 2.34. The van der Waals surface area contributed by atoms with E-state index in [1.165, 1.54) is 25.3 Å². The maximum absolute atomic E-state index is 12.6. The summed E-state index contributed by atoms with van der Waals surface area (Å²) in [5.41, 5.74) is -1.07. The number of methoxy groups -OCH3 is 1. The molecule has 0 aliphatic carbocycles. The van der Waals surface area contributed by atoms with E-state index in [1.54, 1.807) is 6.07 Å². The van der Waals surface area contributed by atoms with Crippen molar-refractivity contribution in [3.05, 3.63) is 54.1 Å². The summed E-state index contributed by atoms with van der Waals surface area (Å²) in [6.45, 7) is 0. The van der Waals surface area contributed by atoms with Crippen LogP contribution in [0.15, 0.2) is 53.4 Å². The molecule has 0 bridgehead atoms. The monoisotopic (exact) mass is 332 g/mol. The highest BCUT2D eigenvalue weighted by Crippen LogP contribution is 2.31. The molecular weight excluding hydrogens is 321 g/mol. The van der Waals surface area contributed by atoms with Crippen molar-refractivity contribution in [3.8, 4) is 11.5 Å². The minimum absolute atomic E-state index is 0.0586. The van der Waals surface area contributed by atoms with Gasteiger partial charge in [0.1, 0.15) is 16.4 Å². The zero-order chi connectivity index (χ0) is 16.4. The van der Waals surface area contributed by atoms with Crippen LogP contribution in [-0.2, 0) is 16.3 Å². The van der Waals surface area contributed by atoms with Crippen LogP contribution in [0.5, 0.6) is 11.5 Å². The lowest BCUT2D eigenvalue weighted by atomic mass is 10.2. The fraction of sp³-hybridized carbons (Fsp3) is 0.143. The van der Waals surface area contributed by atoms with Gasteiger partial charge in [-0.25, -0.2) is 0 Å². The first-order chi connectivity index (χ1) is 10.2. The highest BCUT2D eigenvalue weighted by molar-refractivity contribution is 7.87. The van der Waals surface area contributed by atoms with Crippen molar-refractivity contribution in [3.63, 3.8) is 0 Å². The molecule has 0 aromatic heterocycles. The summed E-state index contributed by atoms with van der Waals surface area (Å²) in [6, 6.07) is 9.08. The normalized spacial score (nSPS) is 12.0. The second-order valence-electron chi connectivity index (χ2n) is 4.24. The van der Waals surface area contributed by atoms with Crippen LogP contribution in [0.25, 0.3) is 0 Å². The lowest BCUT2D eigenvalue weighted by Gasteiger charge is -2.10. The number of hydrogen-bond acceptors (Lipinski definition) is 4. The Morgan fingerprint density at radius 2 is 1.59 bits per heavy atom. The maximum Gasteiger partial charge on any atom is 0.416 e. The quantitative estimate of drug-likeness (QED) is 0.805. The van der Waals surface area contributed by atoms with Gasteiger partial charge >= 0.3 is 16.3 Å². The minimum atomic E-state index is -4.64. The lowest BCUT2D eigenvalue weighted by molar-refractivity contribution is -0.137. The molecule has 0 aliphatic heterocycles. The lowest BCUT2D eigenvalue weighted by Crippen LogP contribution is -2.12. The molecule has 0 fully saturated rings. The highest BCUT2D eigenvalue weighted by Gasteiger charge is 2.32. The molecule has 8 heteroatoms. The van der Waals surface area contributed by atoms with Gasteiger partial charge in [0.05, 0.1) is 12.7 Å². The Morgan fingerprint density at radius 3 is 2.23 bits per heavy atom. The van der Waals surface area contributed by atoms with E-state index in [9.17, 15) is 21.6 Å². The van der Waals surface area contributed by atoms with E-state index in [1.807, 2.05) is 0 Å². The van der Waals surface area contributed by atoms with Crippen LogP contribution in [0.3, 0.4) is 0 Å². The summed E-state index contributed by atoms with van der Waals surface area (Å²) < 4.78 is 71.7. The van der Waals surface area contributed by atoms with Gasteiger partial charge in [0.2, 0.25) is 0 Å². The summed E-state index contributed by atoms with van der Waals surface area (Å²) in [5, 5.41) is 0. The molecule has 0 unspecified atom stereocenters. The van der Waals surface area contributed by atoms with Crippen molar-refractivity contribution >= 4 is 10.1 Å². The topological polar surface area (TPSA) is 52.6 Å². The first-order valence-electron chi connectivity index (χ1n) is 5.98. The molecule has 118 valence electrons. The van der Waals surface area contributed by atoms with E-state index in [2.05, 4.69) is 0 Å². The summed E-state index contributed by atoms with van der Waals surface area (Å²) in [4.78, 5) is -0.579. The van der Waals surface area contributed by atoms with Gasteiger partial charge in [0.15, 0.2) is 0 Å². The minimum Gasteiger partial charge on any atom is -0.497 e. The maximum atomic E-state index is 12.6. The Morgan fingerprint density at radius 1 is 0.955 bits per heavy atom. The largest absolute Gasteiger partial charge is 0.497 e. The van der Waals surface area contributed by atoms with Gasteiger partial charge in [-0.15, -0.1) is 0 Å². The van der Waals surface area contributed by atoms with Crippen molar-refractivity contribution in [1.29, 1.82) is 0 Å². The zero-order valence-electron chi connectivity index (χ0n) is 11.3. The first-order valence-corrected chi connectivity index (χ1v) is 7.39. The van der Waals surface area contributed by atoms with E-state index in [0.717, 1.165) is 18.2 Å². The third-order valence-corrected chi connectivity index (χ3v) is 3.94. The van der Waals surface area contributed by atoms with Crippen LogP contribution in [0, 0.1) is 0 Å². The molecule has 0 saturated heterocycles. The van der Waals surface area contributed by atoms with E-state index in [-0.39, 0.29) is 5.75 Å². The van der Waals surface area contributed by atoms with Crippen molar-refractivity contribution in [2.45, 2.75) is 11.1 Å². The average molecular weight is 332 g/mol. The van der Waals surface area contributed by atoms with Crippen LogP contribution in [-0.4, -0.2) is 15.5 Å². The number of hydrogen-bond donors (Lipinski definition) is 0. The molecule has 0 aliphatic rings. The molecule has 2 aromatic carbocycles. The van der Waals surface area contributed by atoms with Crippen LogP contribution in [0.1, 0.15) is 5.56 Å². The SMILES string of the molecule is COc1cccc(OS(=O)(=O)c2cccc(C(F)(F)F)c2)c1. The van der Waals surface area contributed by atoms with Crippen LogP contribution in [0.4, 0.5) is 13.2 Å². The molecule has 0 atom stereocenters. The predicted octanol–water partition coefficient (Wildman–Crippen LogP) is 3.48. The Bertz CT molecular complexity index is 770. The molecule has 0 amide bonds. The third-order valence-electron chi connectivity index (χ3n) is 2.70. The van der Waals surface area contributed by atoms with Crippen molar-refractivity contribution in [2.24, 2.45) is 0 Å². The van der Waals surface area contributed by atoms with Gasteiger partial charge in [-0.05, 0) is 30.3 Å². The van der Waals surface area contributed by atoms with Crippen molar-refractivity contribution < 1.29 is 30.5 Å². The molecule has 0 heterocycles. The van der Waals surface area contributed by atoms with Crippen molar-refractivity contribution in [1.82, 2.24) is 0 Å². The van der Waals surface area contributed by atoms with Gasteiger partial charge in [0, 0.05) is 6.07 Å². The van der Waals surface area contributed by atoms with Gasteiger partial charge < -0.3 is 8.92 Å². The summed E-state index contributed by atoms with van der Waals surface area (Å²) in [7, 11) is -2.99. The number of benzene rings is 2. The number of rotatable bonds is 4. The summed E-state index contributed by atoms with van der Waals surface area (Å²) in [5.74, 6) is 0.300. The highest BCUT2D eigenvalue weighted by atomic mass is 32.2. The van der Waals surface area contributed by atoms with E-state index in [4.69, 9.17) is 8.92 Å². The molecule has 2 rings (SSSR count). The average Bonchev–Trinajstić information content (AvgIpc) is 2.46. The van der Waals surface area contributed by atoms with Crippen LogP contribution >= 0.6 is 0 Å². The van der Waals surface area contributed by atoms with E-state index >= 15 is 0 Å². The van der Waals surface area contributed by atoms with Crippen LogP contribution < -0.4 is 8.92 Å². The van der Waals surface area contributed by atoms with Gasteiger partial charge in [0.25, 0.3) is 0 Å². The molecule has 0 saturated carbocycles. The van der Waals surface area contributed by atoms with Gasteiger partial charge in [-0.2, -0.15) is 21.6 Å². The molecular formula is C14H11F3O4S. The predicted molar refractivity (Wildman–Crippen MR) is 72.3 cm³/mol. The molecule has 2 aromatic rings. The van der Waals surface area contributed by atoms with Gasteiger partial charge in [-0.1, -0.05) is 12.1 Å². The summed E-state index contributed by atoms with van der Waals surface area (Å²) in [6.07, 6.45) is -4.64. The summed E-state index contributed by atoms with van der Waals surface area (Å²) >= 11 is 0. The molecule has 0 radical (unpaired) electrons. The van der Waals surface area contributed by atoms with Crippen LogP contribution in [0.2, 0.25) is 0 Å². The van der Waals surface area contributed by atoms with E-state index < -0.39 is 26.8 Å². The van der Waals surface area contributed by atoms with Crippen molar-refractivity contribution in [2.75, 3.05) is 7.11 Å². The molecule has 0 spiro atoms. The fourth-order valence-corrected chi connectivity index (χ4v) is 2.63. The standard InChI is InChI=1S/C14H11F3O4S/c1-20-11-5-3-6-12(9-11)21-22(18,19)13-7-2-4-10(8-13)14(15,16)17/h2-9H,1H3. The second-order valence-corrected chi connectivity index (χ2v) is 5.79. The Kier molecular flexibility index (Phi) is 4.32. The second kappa shape index (κ2) is 5.88. The third kappa shape index (κ3) is 3.70. The Hall–Kier alpha value is -2.22. The van der Waals surface area contributed by atoms with Gasteiger partial charge in [-0.3, -0.25) is 0 Å². The smallest absolute Gasteiger partial charge is 0.416 e. The van der Waals surface area contributed by atoms with E-state index in [0.29, 0.717) is 11.8 Å². The molecule has 0 N–H and O–H groups in total. The number of alkyl halides is 3. The Labute approximate surface area is 125 Å². The number of ether oxygens (including phenoxy) is 1. The molecule has 22 heavy (non-hydrogen) atoms. The fourth-order valence-electron chi connectivity index (χ4n) is 1.66.